The van der Waals surface area contributed by atoms with Crippen molar-refractivity contribution in [2.45, 2.75) is 5.37 Å². The largest absolute Gasteiger partial charge is 0.322 e. The molecule has 4 rings (SSSR count). The number of rotatable bonds is 5. The maximum Gasteiger partial charge on any atom is 0.270 e. The lowest BCUT2D eigenvalue weighted by Crippen LogP contribution is -2.28. The van der Waals surface area contributed by atoms with E-state index in [0.717, 1.165) is 12.1 Å². The third kappa shape index (κ3) is 4.30. The van der Waals surface area contributed by atoms with E-state index in [9.17, 15) is 28.5 Å². The van der Waals surface area contributed by atoms with Crippen molar-refractivity contribution in [2.24, 2.45) is 0 Å². The van der Waals surface area contributed by atoms with Gasteiger partial charge in [0.2, 0.25) is 5.91 Å². The number of anilines is 2. The highest BCUT2D eigenvalue weighted by Crippen LogP contribution is 2.43. The number of hydrogen-bond acceptors (Lipinski definition) is 5. The van der Waals surface area contributed by atoms with Crippen LogP contribution in [0.5, 0.6) is 0 Å². The van der Waals surface area contributed by atoms with Gasteiger partial charge >= 0.3 is 0 Å². The van der Waals surface area contributed by atoms with Crippen LogP contribution in [0.15, 0.2) is 66.7 Å². The second-order valence-electron chi connectivity index (χ2n) is 6.91. The van der Waals surface area contributed by atoms with Gasteiger partial charge in [-0.25, -0.2) is 8.78 Å². The molecule has 0 aromatic heterocycles. The molecule has 162 valence electrons. The molecule has 1 aliphatic heterocycles. The Hall–Kier alpha value is -3.79. The first-order chi connectivity index (χ1) is 15.3. The van der Waals surface area contributed by atoms with Crippen molar-refractivity contribution in [2.75, 3.05) is 16.0 Å². The number of hydrogen-bond donors (Lipinski definition) is 1. The predicted molar refractivity (Wildman–Crippen MR) is 117 cm³/mol. The van der Waals surface area contributed by atoms with Gasteiger partial charge in [0.25, 0.3) is 11.6 Å². The van der Waals surface area contributed by atoms with Crippen molar-refractivity contribution >= 4 is 40.6 Å². The second-order valence-corrected chi connectivity index (χ2v) is 7.98. The van der Waals surface area contributed by atoms with Crippen LogP contribution < -0.4 is 10.2 Å². The minimum absolute atomic E-state index is 0.0302. The molecule has 1 saturated heterocycles. The van der Waals surface area contributed by atoms with E-state index in [1.807, 2.05) is 0 Å². The van der Waals surface area contributed by atoms with Crippen LogP contribution in [0.2, 0.25) is 0 Å². The average molecular weight is 455 g/mol. The first-order valence-corrected chi connectivity index (χ1v) is 10.4. The van der Waals surface area contributed by atoms with Gasteiger partial charge in [-0.1, -0.05) is 18.2 Å². The first-order valence-electron chi connectivity index (χ1n) is 9.38. The lowest BCUT2D eigenvalue weighted by molar-refractivity contribution is -0.384. The van der Waals surface area contributed by atoms with E-state index in [1.54, 1.807) is 24.3 Å². The van der Waals surface area contributed by atoms with Crippen LogP contribution in [0, 0.1) is 21.7 Å². The summed E-state index contributed by atoms with van der Waals surface area (Å²) in [5.41, 5.74) is 0.909. The third-order valence-electron chi connectivity index (χ3n) is 4.79. The van der Waals surface area contributed by atoms with Crippen molar-refractivity contribution < 1.29 is 23.3 Å². The van der Waals surface area contributed by atoms with Gasteiger partial charge in [-0.15, -0.1) is 11.8 Å². The zero-order valence-corrected chi connectivity index (χ0v) is 17.1. The number of benzene rings is 3. The molecule has 1 aliphatic rings. The summed E-state index contributed by atoms with van der Waals surface area (Å²) in [6.45, 7) is 0. The van der Waals surface area contributed by atoms with Crippen molar-refractivity contribution in [3.05, 3.63) is 99.6 Å². The molecule has 32 heavy (non-hydrogen) atoms. The molecule has 1 N–H and O–H groups in total. The van der Waals surface area contributed by atoms with E-state index < -0.39 is 27.8 Å². The summed E-state index contributed by atoms with van der Waals surface area (Å²) in [6.07, 6.45) is 0. The van der Waals surface area contributed by atoms with Gasteiger partial charge in [0.15, 0.2) is 0 Å². The number of carbonyl (C=O) groups is 2. The Balaban J connectivity index is 1.59. The number of carbonyl (C=O) groups excluding carboxylic acids is 2. The number of nitrogens with one attached hydrogen (secondary N) is 1. The second kappa shape index (κ2) is 8.75. The highest BCUT2D eigenvalue weighted by atomic mass is 32.2. The number of halogens is 2. The van der Waals surface area contributed by atoms with E-state index in [-0.39, 0.29) is 28.6 Å². The molecule has 2 amide bonds. The topological polar surface area (TPSA) is 92.6 Å². The summed E-state index contributed by atoms with van der Waals surface area (Å²) >= 11 is 1.28. The van der Waals surface area contributed by atoms with E-state index in [0.29, 0.717) is 11.3 Å². The lowest BCUT2D eigenvalue weighted by atomic mass is 10.1. The van der Waals surface area contributed by atoms with Gasteiger partial charge in [0, 0.05) is 29.4 Å². The summed E-state index contributed by atoms with van der Waals surface area (Å²) in [5.74, 6) is -2.33. The fourth-order valence-electron chi connectivity index (χ4n) is 3.34. The molecule has 0 bridgehead atoms. The van der Waals surface area contributed by atoms with Gasteiger partial charge < -0.3 is 5.32 Å². The molecule has 3 aromatic rings. The zero-order valence-electron chi connectivity index (χ0n) is 16.3. The number of nitrogens with zero attached hydrogens (tertiary/aromatic N) is 2. The fourth-order valence-corrected chi connectivity index (χ4v) is 4.50. The van der Waals surface area contributed by atoms with Gasteiger partial charge in [-0.2, -0.15) is 0 Å². The summed E-state index contributed by atoms with van der Waals surface area (Å²) in [7, 11) is 0. The van der Waals surface area contributed by atoms with Gasteiger partial charge in [-0.05, 0) is 35.9 Å². The minimum atomic E-state index is -0.846. The number of nitro groups is 1. The van der Waals surface area contributed by atoms with Gasteiger partial charge in [0.1, 0.15) is 17.0 Å². The van der Waals surface area contributed by atoms with Crippen molar-refractivity contribution in [1.82, 2.24) is 0 Å². The summed E-state index contributed by atoms with van der Waals surface area (Å²) in [6, 6.07) is 15.0. The van der Waals surface area contributed by atoms with E-state index in [1.165, 1.54) is 47.0 Å². The maximum absolute atomic E-state index is 14.3. The standard InChI is InChI=1S/C22H15F2N3O4S/c23-15-7-8-19(18(24)11-15)26-20(28)12-32-22(26)14-4-1-5-16(9-14)25-21(29)13-3-2-6-17(10-13)27(30)31/h1-11,22H,12H2,(H,25,29)/t22-/m0/s1. The molecule has 0 saturated carbocycles. The molecule has 0 aliphatic carbocycles. The van der Waals surface area contributed by atoms with Crippen LogP contribution in [0.1, 0.15) is 21.3 Å². The molecule has 0 spiro atoms. The predicted octanol–water partition coefficient (Wildman–Crippen LogP) is 4.90. The minimum Gasteiger partial charge on any atom is -0.322 e. The van der Waals surface area contributed by atoms with E-state index in [2.05, 4.69) is 5.32 Å². The lowest BCUT2D eigenvalue weighted by Gasteiger charge is -2.25. The zero-order chi connectivity index (χ0) is 22.8. The molecule has 0 unspecified atom stereocenters. The van der Waals surface area contributed by atoms with E-state index in [4.69, 9.17) is 0 Å². The summed E-state index contributed by atoms with van der Waals surface area (Å²) in [4.78, 5) is 36.6. The maximum atomic E-state index is 14.3. The molecule has 7 nitrogen and oxygen atoms in total. The number of non-ortho nitro benzene ring substituents is 1. The summed E-state index contributed by atoms with van der Waals surface area (Å²) in [5, 5.41) is 13.0. The Morgan fingerprint density at radius 3 is 2.62 bits per heavy atom. The van der Waals surface area contributed by atoms with Crippen LogP contribution in [0.25, 0.3) is 0 Å². The van der Waals surface area contributed by atoms with E-state index >= 15 is 0 Å². The molecule has 0 radical (unpaired) electrons. The third-order valence-corrected chi connectivity index (χ3v) is 6.00. The fraction of sp³-hybridized carbons (Fsp3) is 0.0909. The smallest absolute Gasteiger partial charge is 0.270 e. The van der Waals surface area contributed by atoms with Gasteiger partial charge in [0.05, 0.1) is 16.4 Å². The Labute approximate surface area is 185 Å². The normalized spacial score (nSPS) is 15.6. The Bertz CT molecular complexity index is 1240. The van der Waals surface area contributed by atoms with Crippen LogP contribution in [0.3, 0.4) is 0 Å². The highest BCUT2D eigenvalue weighted by molar-refractivity contribution is 8.00. The Morgan fingerprint density at radius 2 is 1.88 bits per heavy atom. The number of thioether (sulfide) groups is 1. The molecule has 1 fully saturated rings. The van der Waals surface area contributed by atoms with Crippen LogP contribution >= 0.6 is 11.8 Å². The monoisotopic (exact) mass is 455 g/mol. The van der Waals surface area contributed by atoms with Crippen LogP contribution in [-0.2, 0) is 4.79 Å². The SMILES string of the molecule is O=C(Nc1cccc([C@@H]2SCC(=O)N2c2ccc(F)cc2F)c1)c1cccc([N+](=O)[O-])c1. The first kappa shape index (κ1) is 21.4. The van der Waals surface area contributed by atoms with Crippen molar-refractivity contribution in [3.8, 4) is 0 Å². The highest BCUT2D eigenvalue weighted by Gasteiger charge is 2.35. The molecule has 1 heterocycles. The summed E-state index contributed by atoms with van der Waals surface area (Å²) < 4.78 is 27.7. The molecule has 3 aromatic carbocycles. The molecular formula is C22H15F2N3O4S. The Morgan fingerprint density at radius 1 is 1.09 bits per heavy atom. The molecule has 1 atom stereocenters. The van der Waals surface area contributed by atoms with Crippen molar-refractivity contribution in [3.63, 3.8) is 0 Å². The van der Waals surface area contributed by atoms with Crippen LogP contribution in [0.4, 0.5) is 25.8 Å². The Kier molecular flexibility index (Phi) is 5.87. The molecular weight excluding hydrogens is 440 g/mol. The quantitative estimate of drug-likeness (QED) is 0.436. The number of nitro benzene ring substituents is 1. The molecule has 10 heteroatoms. The number of amides is 2. The van der Waals surface area contributed by atoms with Crippen molar-refractivity contribution in [1.29, 1.82) is 0 Å². The van der Waals surface area contributed by atoms with Gasteiger partial charge in [-0.3, -0.25) is 24.6 Å². The van der Waals surface area contributed by atoms with Crippen LogP contribution in [-0.4, -0.2) is 22.5 Å². The average Bonchev–Trinajstić information content (AvgIpc) is 3.15.